The van der Waals surface area contributed by atoms with Crippen molar-refractivity contribution in [3.63, 3.8) is 0 Å². The third-order valence-corrected chi connectivity index (χ3v) is 4.37. The molecular formula is C17H16BrNO3. The summed E-state index contributed by atoms with van der Waals surface area (Å²) in [5.74, 6) is 1.14. The lowest BCUT2D eigenvalue weighted by atomic mass is 9.92. The fourth-order valence-electron chi connectivity index (χ4n) is 2.83. The van der Waals surface area contributed by atoms with Gasteiger partial charge in [0.25, 0.3) is 0 Å². The van der Waals surface area contributed by atoms with E-state index in [1.54, 1.807) is 14.2 Å². The molecule has 1 N–H and O–H groups in total. The van der Waals surface area contributed by atoms with E-state index in [2.05, 4.69) is 21.2 Å². The minimum absolute atomic E-state index is 0.0120. The van der Waals surface area contributed by atoms with Crippen molar-refractivity contribution >= 4 is 27.5 Å². The molecule has 1 amide bonds. The zero-order chi connectivity index (χ0) is 15.7. The summed E-state index contributed by atoms with van der Waals surface area (Å²) in [5.41, 5.74) is 2.83. The van der Waals surface area contributed by atoms with Crippen LogP contribution < -0.4 is 14.8 Å². The van der Waals surface area contributed by atoms with Crippen LogP contribution in [0.5, 0.6) is 11.5 Å². The highest BCUT2D eigenvalue weighted by Crippen LogP contribution is 2.39. The summed E-state index contributed by atoms with van der Waals surface area (Å²) in [5, 5.41) is 2.93. The van der Waals surface area contributed by atoms with Gasteiger partial charge in [-0.3, -0.25) is 4.79 Å². The maximum atomic E-state index is 12.3. The van der Waals surface area contributed by atoms with Crippen molar-refractivity contribution < 1.29 is 14.3 Å². The van der Waals surface area contributed by atoms with Gasteiger partial charge in [0.2, 0.25) is 5.91 Å². The molecule has 0 aromatic heterocycles. The van der Waals surface area contributed by atoms with E-state index >= 15 is 0 Å². The molecular weight excluding hydrogens is 346 g/mol. The van der Waals surface area contributed by atoms with E-state index < -0.39 is 0 Å². The second kappa shape index (κ2) is 6.01. The van der Waals surface area contributed by atoms with Gasteiger partial charge in [0.15, 0.2) is 11.5 Å². The van der Waals surface area contributed by atoms with Gasteiger partial charge in [0, 0.05) is 10.2 Å². The summed E-state index contributed by atoms with van der Waals surface area (Å²) < 4.78 is 11.7. The zero-order valence-electron chi connectivity index (χ0n) is 12.4. The molecule has 1 atom stereocenters. The Morgan fingerprint density at radius 2 is 2.00 bits per heavy atom. The van der Waals surface area contributed by atoms with Crippen molar-refractivity contribution in [2.75, 3.05) is 19.5 Å². The summed E-state index contributed by atoms with van der Waals surface area (Å²) >= 11 is 3.46. The lowest BCUT2D eigenvalue weighted by Crippen LogP contribution is -2.14. The molecule has 2 aromatic rings. The fourth-order valence-corrected chi connectivity index (χ4v) is 3.21. The van der Waals surface area contributed by atoms with E-state index in [0.29, 0.717) is 17.9 Å². The van der Waals surface area contributed by atoms with Gasteiger partial charge in [-0.25, -0.2) is 0 Å². The molecule has 114 valence electrons. The summed E-state index contributed by atoms with van der Waals surface area (Å²) in [4.78, 5) is 12.3. The van der Waals surface area contributed by atoms with Crippen LogP contribution in [0.2, 0.25) is 0 Å². The van der Waals surface area contributed by atoms with Crippen LogP contribution in [0.4, 0.5) is 5.69 Å². The predicted octanol–water partition coefficient (Wildman–Crippen LogP) is 3.74. The minimum Gasteiger partial charge on any atom is -0.493 e. The van der Waals surface area contributed by atoms with Crippen LogP contribution in [-0.2, 0) is 11.2 Å². The minimum atomic E-state index is -0.228. The molecule has 0 saturated carbocycles. The highest BCUT2D eigenvalue weighted by Gasteiger charge is 2.31. The molecule has 0 bridgehead atoms. The third-order valence-electron chi connectivity index (χ3n) is 3.87. The number of hydrogen-bond acceptors (Lipinski definition) is 3. The maximum absolute atomic E-state index is 12.3. The average molecular weight is 362 g/mol. The lowest BCUT2D eigenvalue weighted by molar-refractivity contribution is -0.117. The highest BCUT2D eigenvalue weighted by atomic mass is 79.9. The number of para-hydroxylation sites is 1. The van der Waals surface area contributed by atoms with Crippen molar-refractivity contribution in [1.29, 1.82) is 0 Å². The Balaban J connectivity index is 1.98. The van der Waals surface area contributed by atoms with Crippen molar-refractivity contribution in [3.05, 3.63) is 52.0 Å². The molecule has 1 aliphatic rings. The molecule has 0 saturated heterocycles. The van der Waals surface area contributed by atoms with E-state index in [1.165, 1.54) is 0 Å². The van der Waals surface area contributed by atoms with Crippen molar-refractivity contribution in [2.45, 2.75) is 12.3 Å². The van der Waals surface area contributed by atoms with Gasteiger partial charge in [-0.05, 0) is 41.8 Å². The molecule has 1 aliphatic heterocycles. The lowest BCUT2D eigenvalue weighted by Gasteiger charge is -2.15. The molecule has 2 aromatic carbocycles. The topological polar surface area (TPSA) is 47.6 Å². The first-order chi connectivity index (χ1) is 10.6. The molecule has 0 fully saturated rings. The number of benzene rings is 2. The molecule has 4 nitrogen and oxygen atoms in total. The van der Waals surface area contributed by atoms with Crippen LogP contribution in [0.1, 0.15) is 17.0 Å². The van der Waals surface area contributed by atoms with Gasteiger partial charge >= 0.3 is 0 Å². The zero-order valence-corrected chi connectivity index (χ0v) is 13.9. The first-order valence-corrected chi connectivity index (χ1v) is 7.73. The summed E-state index contributed by atoms with van der Waals surface area (Å²) in [6, 6.07) is 11.6. The van der Waals surface area contributed by atoms with E-state index in [0.717, 1.165) is 21.3 Å². The van der Waals surface area contributed by atoms with E-state index in [9.17, 15) is 4.79 Å². The Bertz CT molecular complexity index is 730. The number of amides is 1. The number of hydrogen-bond donors (Lipinski definition) is 1. The van der Waals surface area contributed by atoms with E-state index in [1.807, 2.05) is 36.4 Å². The Kier molecular flexibility index (Phi) is 4.07. The Hall–Kier alpha value is -2.01. The third kappa shape index (κ3) is 2.57. The van der Waals surface area contributed by atoms with Gasteiger partial charge in [-0.1, -0.05) is 28.1 Å². The predicted molar refractivity (Wildman–Crippen MR) is 88.8 cm³/mol. The monoisotopic (exact) mass is 361 g/mol. The van der Waals surface area contributed by atoms with Crippen LogP contribution in [0, 0.1) is 0 Å². The van der Waals surface area contributed by atoms with Crippen molar-refractivity contribution in [3.8, 4) is 11.5 Å². The van der Waals surface area contributed by atoms with Gasteiger partial charge in [-0.15, -0.1) is 0 Å². The second-order valence-electron chi connectivity index (χ2n) is 5.13. The number of anilines is 1. The number of nitrogens with one attached hydrogen (secondary N) is 1. The number of ether oxygens (including phenoxy) is 2. The smallest absolute Gasteiger partial charge is 0.232 e. The number of rotatable bonds is 4. The largest absolute Gasteiger partial charge is 0.493 e. The average Bonchev–Trinajstić information content (AvgIpc) is 2.82. The Morgan fingerprint density at radius 3 is 2.73 bits per heavy atom. The van der Waals surface area contributed by atoms with Gasteiger partial charge < -0.3 is 14.8 Å². The quantitative estimate of drug-likeness (QED) is 0.901. The number of methoxy groups -OCH3 is 2. The molecule has 0 aliphatic carbocycles. The molecule has 0 spiro atoms. The first-order valence-electron chi connectivity index (χ1n) is 6.94. The van der Waals surface area contributed by atoms with Crippen LogP contribution >= 0.6 is 15.9 Å². The summed E-state index contributed by atoms with van der Waals surface area (Å²) in [6.45, 7) is 0. The number of halogens is 1. The van der Waals surface area contributed by atoms with Crippen LogP contribution in [-0.4, -0.2) is 20.1 Å². The van der Waals surface area contributed by atoms with Crippen molar-refractivity contribution in [1.82, 2.24) is 0 Å². The highest BCUT2D eigenvalue weighted by molar-refractivity contribution is 9.10. The summed E-state index contributed by atoms with van der Waals surface area (Å²) in [7, 11) is 3.22. The fraction of sp³-hybridized carbons (Fsp3) is 0.235. The molecule has 22 heavy (non-hydrogen) atoms. The normalized spacial score (nSPS) is 16.1. The molecule has 3 rings (SSSR count). The number of carbonyl (C=O) groups is 1. The van der Waals surface area contributed by atoms with Crippen LogP contribution in [0.3, 0.4) is 0 Å². The molecule has 0 radical (unpaired) electrons. The van der Waals surface area contributed by atoms with E-state index in [-0.39, 0.29) is 11.8 Å². The van der Waals surface area contributed by atoms with Crippen LogP contribution in [0.25, 0.3) is 0 Å². The van der Waals surface area contributed by atoms with Gasteiger partial charge in [-0.2, -0.15) is 0 Å². The number of carbonyl (C=O) groups excluding carboxylic acids is 1. The number of fused-ring (bicyclic) bond motifs is 1. The maximum Gasteiger partial charge on any atom is 0.232 e. The second-order valence-corrected chi connectivity index (χ2v) is 6.05. The van der Waals surface area contributed by atoms with Gasteiger partial charge in [0.05, 0.1) is 20.1 Å². The molecule has 0 unspecified atom stereocenters. The summed E-state index contributed by atoms with van der Waals surface area (Å²) in [6.07, 6.45) is 0.565. The first kappa shape index (κ1) is 14.9. The Labute approximate surface area is 137 Å². The van der Waals surface area contributed by atoms with Gasteiger partial charge in [0.1, 0.15) is 0 Å². The standard InChI is InChI=1S/C17H16BrNO3/c1-21-15-5-3-4-10(16(15)22-2)8-13-12-9-11(18)6-7-14(12)19-17(13)20/h3-7,9,13H,8H2,1-2H3,(H,19,20)/t13-/m0/s1. The molecule has 5 heteroatoms. The van der Waals surface area contributed by atoms with Crippen LogP contribution in [0.15, 0.2) is 40.9 Å². The van der Waals surface area contributed by atoms with Crippen molar-refractivity contribution in [2.24, 2.45) is 0 Å². The van der Waals surface area contributed by atoms with E-state index in [4.69, 9.17) is 9.47 Å². The molecule has 1 heterocycles. The SMILES string of the molecule is COc1cccc(C[C@@H]2C(=O)Nc3ccc(Br)cc32)c1OC. The Morgan fingerprint density at radius 1 is 1.18 bits per heavy atom.